The van der Waals surface area contributed by atoms with Crippen molar-refractivity contribution in [3.63, 3.8) is 0 Å². The van der Waals surface area contributed by atoms with Crippen LogP contribution in [0, 0.1) is 36.0 Å². The minimum Gasteiger partial charge on any atom is -0.497 e. The molecule has 0 radical (unpaired) electrons. The maximum Gasteiger partial charge on any atom is 0.123 e. The zero-order valence-corrected chi connectivity index (χ0v) is 69.5. The zero-order valence-electron chi connectivity index (χ0n) is 68.7. The molecule has 116 heavy (non-hydrogen) atoms. The van der Waals surface area contributed by atoms with Crippen molar-refractivity contribution in [2.45, 2.75) is 200 Å². The Hall–Kier alpha value is -10.4. The van der Waals surface area contributed by atoms with Crippen molar-refractivity contribution in [2.75, 3.05) is 13.7 Å². The molecular weight excluding hydrogens is 1470 g/mol. The minimum atomic E-state index is -0.219. The number of hydrogen-bond acceptors (Lipinski definition) is 5. The number of halogens is 6. The van der Waals surface area contributed by atoms with E-state index in [-0.39, 0.29) is 71.1 Å². The van der Waals surface area contributed by atoms with Crippen LogP contribution in [0.3, 0.4) is 0 Å². The van der Waals surface area contributed by atoms with E-state index in [1.165, 1.54) is 79.9 Å². The highest BCUT2D eigenvalue weighted by molar-refractivity contribution is 6.30. The predicted octanol–water partition coefficient (Wildman–Crippen LogP) is 28.9. The first-order valence-electron chi connectivity index (χ1n) is 41.5. The summed E-state index contributed by atoms with van der Waals surface area (Å²) in [5.74, 6) is 4.51. The van der Waals surface area contributed by atoms with Crippen molar-refractivity contribution in [1.82, 2.24) is 0 Å². The van der Waals surface area contributed by atoms with Gasteiger partial charge in [-0.05, 0) is 331 Å². The Labute approximate surface area is 692 Å². The molecule has 0 spiro atoms. The first-order valence-corrected chi connectivity index (χ1v) is 41.9. The van der Waals surface area contributed by atoms with Crippen LogP contribution in [0.2, 0.25) is 5.02 Å². The van der Waals surface area contributed by atoms with E-state index in [0.717, 1.165) is 172 Å². The maximum absolute atomic E-state index is 13.5. The topological polar surface area (TPSA) is 46.2 Å². The monoisotopic (exact) mass is 1580 g/mol. The Bertz CT molecular complexity index is 4790. The van der Waals surface area contributed by atoms with Gasteiger partial charge in [-0.1, -0.05) is 195 Å². The van der Waals surface area contributed by atoms with Crippen LogP contribution in [0.25, 0.3) is 0 Å². The van der Waals surface area contributed by atoms with E-state index >= 15 is 0 Å². The second-order valence-electron chi connectivity index (χ2n) is 31.1. The summed E-state index contributed by atoms with van der Waals surface area (Å²) in [5, 5.41) is 0.773. The van der Waals surface area contributed by atoms with Crippen molar-refractivity contribution >= 4 is 11.6 Å². The predicted molar refractivity (Wildman–Crippen MR) is 467 cm³/mol. The highest BCUT2D eigenvalue weighted by Crippen LogP contribution is 2.37. The molecule has 0 aliphatic carbocycles. The van der Waals surface area contributed by atoms with Gasteiger partial charge >= 0.3 is 0 Å². The number of fused-ring (bicyclic) bond motifs is 1. The average Bonchev–Trinajstić information content (AvgIpc) is 1.12. The number of methoxy groups -OCH3 is 1. The average molecular weight is 1590 g/mol. The van der Waals surface area contributed by atoms with E-state index in [4.69, 9.17) is 35.3 Å². The summed E-state index contributed by atoms with van der Waals surface area (Å²) in [5.41, 5.74) is 17.5. The molecule has 13 rings (SSSR count). The van der Waals surface area contributed by atoms with Crippen LogP contribution in [-0.4, -0.2) is 32.0 Å². The van der Waals surface area contributed by atoms with E-state index < -0.39 is 0 Å². The fourth-order valence-electron chi connectivity index (χ4n) is 15.2. The van der Waals surface area contributed by atoms with Crippen LogP contribution < -0.4 is 23.7 Å². The summed E-state index contributed by atoms with van der Waals surface area (Å²) in [7, 11) is 1.65. The van der Waals surface area contributed by atoms with Crippen molar-refractivity contribution in [2.24, 2.45) is 0 Å². The van der Waals surface area contributed by atoms with Gasteiger partial charge in [0, 0.05) is 35.1 Å². The number of unbranched alkanes of at least 4 members (excludes halogenated alkanes) is 4. The Morgan fingerprint density at radius 3 is 0.931 bits per heavy atom. The summed E-state index contributed by atoms with van der Waals surface area (Å²) >= 11 is 5.96. The summed E-state index contributed by atoms with van der Waals surface area (Å²) in [6.45, 7) is 15.2. The van der Waals surface area contributed by atoms with Gasteiger partial charge in [-0.2, -0.15) is 0 Å². The third kappa shape index (κ3) is 29.1. The van der Waals surface area contributed by atoms with Gasteiger partial charge in [-0.3, -0.25) is 0 Å². The Morgan fingerprint density at radius 1 is 0.319 bits per heavy atom. The van der Waals surface area contributed by atoms with Gasteiger partial charge in [0.15, 0.2) is 0 Å². The van der Waals surface area contributed by atoms with Crippen LogP contribution >= 0.6 is 11.6 Å². The Morgan fingerprint density at radius 2 is 0.603 bits per heavy atom. The molecule has 11 heteroatoms. The summed E-state index contributed by atoms with van der Waals surface area (Å²) in [6.07, 6.45) is 18.5. The van der Waals surface area contributed by atoms with E-state index in [0.29, 0.717) is 0 Å². The van der Waals surface area contributed by atoms with Crippen LogP contribution in [-0.2, 0) is 32.1 Å². The molecule has 5 nitrogen and oxygen atoms in total. The molecule has 4 unspecified atom stereocenters. The van der Waals surface area contributed by atoms with E-state index in [9.17, 15) is 22.0 Å². The lowest BCUT2D eigenvalue weighted by molar-refractivity contribution is 0.242. The molecule has 1 aliphatic rings. The van der Waals surface area contributed by atoms with Gasteiger partial charge in [0.25, 0.3) is 0 Å². The number of rotatable bonds is 35. The van der Waals surface area contributed by atoms with Crippen LogP contribution in [0.1, 0.15) is 220 Å². The normalized spacial score (nSPS) is 12.5. The molecule has 606 valence electrons. The molecule has 4 atom stereocenters. The lowest BCUT2D eigenvalue weighted by Crippen LogP contribution is -2.06. The molecule has 0 N–H and O–H groups in total. The Kier molecular flexibility index (Phi) is 35.1. The van der Waals surface area contributed by atoms with Gasteiger partial charge < -0.3 is 23.7 Å². The lowest BCUT2D eigenvalue weighted by atomic mass is 9.86. The molecule has 12 aromatic rings. The molecular formula is C105H114ClF5O5. The largest absolute Gasteiger partial charge is 0.497 e. The van der Waals surface area contributed by atoms with Gasteiger partial charge in [-0.15, -0.1) is 0 Å². The second kappa shape index (κ2) is 46.4. The van der Waals surface area contributed by atoms with E-state index in [1.54, 1.807) is 43.5 Å². The quantitative estimate of drug-likeness (QED) is 0.0293. The van der Waals surface area contributed by atoms with Crippen LogP contribution in [0.5, 0.6) is 28.7 Å². The van der Waals surface area contributed by atoms with Crippen molar-refractivity contribution in [3.8, 4) is 28.7 Å². The highest BCUT2D eigenvalue weighted by atomic mass is 35.5. The molecule has 0 saturated heterocycles. The van der Waals surface area contributed by atoms with Crippen LogP contribution in [0.15, 0.2) is 285 Å². The number of ether oxygens (including phenoxy) is 5. The molecule has 1 aliphatic heterocycles. The molecule has 0 saturated carbocycles. The maximum atomic E-state index is 13.5. The third-order valence-corrected chi connectivity index (χ3v) is 21.5. The van der Waals surface area contributed by atoms with Crippen molar-refractivity contribution in [1.29, 1.82) is 0 Å². The highest BCUT2D eigenvalue weighted by Gasteiger charge is 2.21. The molecule has 0 aromatic heterocycles. The Balaban J connectivity index is 0.000000163. The van der Waals surface area contributed by atoms with Gasteiger partial charge in [0.1, 0.15) is 57.8 Å². The van der Waals surface area contributed by atoms with Gasteiger partial charge in [-0.25, -0.2) is 22.0 Å². The van der Waals surface area contributed by atoms with Gasteiger partial charge in [0.05, 0.1) is 32.0 Å². The molecule has 0 bridgehead atoms. The fraction of sp³-hybridized carbons (Fsp3) is 0.314. The molecule has 0 amide bonds. The van der Waals surface area contributed by atoms with Crippen molar-refractivity contribution in [3.05, 3.63) is 397 Å². The van der Waals surface area contributed by atoms with E-state index in [1.807, 2.05) is 163 Å². The van der Waals surface area contributed by atoms with Crippen LogP contribution in [0.4, 0.5) is 22.0 Å². The summed E-state index contributed by atoms with van der Waals surface area (Å²) < 4.78 is 94.9. The number of benzene rings is 12. The molecule has 12 aromatic carbocycles. The number of aryl methyl sites for hydroxylation is 5. The standard InChI is InChI=1S/C28H31FO2.C27H31FO.C26H28ClFO.C24H24F2O/c1-20(2)31-26-14-10-23(11-15-26)27(22-8-12-25(29)13-9-22)6-4-3-5-21-7-16-28-24(19-21)17-18-30-28;1-20(2)29-26-18-14-24(15-19-26)27(23-12-16-25(28)17-13-23)11-7-6-10-22-9-5-4-8-21(22)3;1-19(2)29-25-17-11-22(12-18-25)26(21-9-15-24(28)16-10-21)6-4-3-5-20-7-13-23(27)14-8-20;1-27-23-16-10-20(11-17-23)24(19-8-14-22(26)15-9-19)5-3-2-4-18-6-12-21(25)13-7-18/h7-16,19-20,27H,3-6,17-18H2,1-2H3;4-5,8-9,12-20,27H,6-7,10-11H2,1-3H3;7-19,26H,3-6H2,1-2H3;6-17,24H,2-5H2,1H3. The molecule has 1 heterocycles. The van der Waals surface area contributed by atoms with Gasteiger partial charge in [0.2, 0.25) is 0 Å². The lowest BCUT2D eigenvalue weighted by Gasteiger charge is -2.19. The first kappa shape index (κ1) is 88.0. The third-order valence-electron chi connectivity index (χ3n) is 21.2. The smallest absolute Gasteiger partial charge is 0.123 e. The zero-order chi connectivity index (χ0) is 82.0. The first-order chi connectivity index (χ1) is 56.3. The fourth-order valence-corrected chi connectivity index (χ4v) is 15.3. The second-order valence-corrected chi connectivity index (χ2v) is 31.5. The minimum absolute atomic E-state index is 0.154. The number of hydrogen-bond donors (Lipinski definition) is 0. The van der Waals surface area contributed by atoms with E-state index in [2.05, 4.69) is 110 Å². The summed E-state index contributed by atoms with van der Waals surface area (Å²) in [6, 6.07) is 90.7. The molecule has 0 fully saturated rings. The van der Waals surface area contributed by atoms with Crippen molar-refractivity contribution < 1.29 is 45.6 Å². The summed E-state index contributed by atoms with van der Waals surface area (Å²) in [4.78, 5) is 0. The SMILES string of the molecule is CC(C)Oc1ccc(C(CCCCc2ccc(Cl)cc2)c2ccc(F)cc2)cc1.CC(C)Oc1ccc(C(CCCCc2ccc3c(c2)CCO3)c2ccc(F)cc2)cc1.COc1ccc(C(CCCCc2ccc(F)cc2)c2ccc(F)cc2)cc1.Cc1ccccc1CCCCC(c1ccc(F)cc1)c1ccc(OC(C)C)cc1.